The Balaban J connectivity index is 1.24. The molecule has 0 aromatic heterocycles. The summed E-state index contributed by atoms with van der Waals surface area (Å²) in [7, 11) is 0. The van der Waals surface area contributed by atoms with Crippen molar-refractivity contribution in [1.29, 1.82) is 0 Å². The van der Waals surface area contributed by atoms with Crippen molar-refractivity contribution in [3.63, 3.8) is 0 Å². The van der Waals surface area contributed by atoms with Crippen LogP contribution in [0, 0.1) is 40.4 Å². The van der Waals surface area contributed by atoms with Gasteiger partial charge in [-0.1, -0.05) is 54.6 Å². The minimum atomic E-state index is -0.140. The van der Waals surface area contributed by atoms with E-state index in [9.17, 15) is 4.79 Å². The summed E-state index contributed by atoms with van der Waals surface area (Å²) >= 11 is 0. The standard InChI is InChI=1S/C31H42N2O/c32-20-23-11-13-27(14-12-23)33-29(34)31-18-24-16-30(21-31,26-9-5-2-6-10-26)17-25(19-31)28(24)15-22-7-3-1-4-8-22/h1-9,23-28H,10-21,32H2,(H,33,34). The number of nitrogens with two attached hydrogens (primary N) is 1. The molecule has 1 aromatic carbocycles. The predicted molar refractivity (Wildman–Crippen MR) is 138 cm³/mol. The summed E-state index contributed by atoms with van der Waals surface area (Å²) in [4.78, 5) is 14.0. The third-order valence-corrected chi connectivity index (χ3v) is 10.6. The number of nitrogens with one attached hydrogen (secondary N) is 1. The van der Waals surface area contributed by atoms with Gasteiger partial charge in [-0.25, -0.2) is 0 Å². The number of rotatable bonds is 6. The van der Waals surface area contributed by atoms with Crippen LogP contribution in [-0.4, -0.2) is 18.5 Å². The highest BCUT2D eigenvalue weighted by Gasteiger charge is 2.64. The summed E-state index contributed by atoms with van der Waals surface area (Å²) in [5.41, 5.74) is 7.56. The minimum absolute atomic E-state index is 0.140. The van der Waals surface area contributed by atoms with Crippen LogP contribution in [0.15, 0.2) is 54.6 Å². The van der Waals surface area contributed by atoms with Gasteiger partial charge in [-0.2, -0.15) is 0 Å². The number of carbonyl (C=O) groups is 1. The van der Waals surface area contributed by atoms with Crippen molar-refractivity contribution < 1.29 is 4.79 Å². The molecule has 0 aliphatic heterocycles. The summed E-state index contributed by atoms with van der Waals surface area (Å²) in [6.45, 7) is 0.794. The van der Waals surface area contributed by atoms with E-state index in [-0.39, 0.29) is 5.41 Å². The first-order chi connectivity index (χ1) is 16.6. The Labute approximate surface area is 205 Å². The molecule has 0 heterocycles. The van der Waals surface area contributed by atoms with E-state index >= 15 is 0 Å². The predicted octanol–water partition coefficient (Wildman–Crippen LogP) is 5.81. The van der Waals surface area contributed by atoms with Crippen LogP contribution in [0.4, 0.5) is 0 Å². The maximum absolute atomic E-state index is 14.0. The van der Waals surface area contributed by atoms with Crippen molar-refractivity contribution in [1.82, 2.24) is 5.32 Å². The molecule has 0 spiro atoms. The van der Waals surface area contributed by atoms with Gasteiger partial charge < -0.3 is 11.1 Å². The van der Waals surface area contributed by atoms with Crippen LogP contribution in [0.2, 0.25) is 0 Å². The van der Waals surface area contributed by atoms with E-state index in [1.807, 2.05) is 0 Å². The van der Waals surface area contributed by atoms with Crippen molar-refractivity contribution in [2.24, 2.45) is 46.2 Å². The average Bonchev–Trinajstić information content (AvgIpc) is 2.87. The van der Waals surface area contributed by atoms with Gasteiger partial charge in [0.1, 0.15) is 0 Å². The van der Waals surface area contributed by atoms with E-state index in [4.69, 9.17) is 5.73 Å². The first kappa shape index (κ1) is 22.6. The van der Waals surface area contributed by atoms with Crippen molar-refractivity contribution >= 4 is 5.91 Å². The van der Waals surface area contributed by atoms with Gasteiger partial charge in [-0.3, -0.25) is 4.79 Å². The van der Waals surface area contributed by atoms with E-state index in [1.54, 1.807) is 0 Å². The molecular weight excluding hydrogens is 416 g/mol. The first-order valence-corrected chi connectivity index (χ1v) is 14.0. The molecular formula is C31H42N2O. The molecule has 3 N–H and O–H groups in total. The van der Waals surface area contributed by atoms with Crippen molar-refractivity contribution in [2.75, 3.05) is 6.54 Å². The van der Waals surface area contributed by atoms with Crippen LogP contribution in [0.3, 0.4) is 0 Å². The molecule has 6 aliphatic carbocycles. The van der Waals surface area contributed by atoms with Crippen molar-refractivity contribution in [3.8, 4) is 0 Å². The molecule has 6 aliphatic rings. The fourth-order valence-electron chi connectivity index (χ4n) is 9.15. The summed E-state index contributed by atoms with van der Waals surface area (Å²) < 4.78 is 0. The number of hydrogen-bond acceptors (Lipinski definition) is 2. The molecule has 34 heavy (non-hydrogen) atoms. The summed E-state index contributed by atoms with van der Waals surface area (Å²) in [5.74, 6) is 3.75. The number of allylic oxidation sites excluding steroid dienone is 4. The zero-order chi connectivity index (χ0) is 23.2. The van der Waals surface area contributed by atoms with Gasteiger partial charge in [0, 0.05) is 6.04 Å². The molecule has 5 fully saturated rings. The molecule has 5 saturated carbocycles. The second-order valence-corrected chi connectivity index (χ2v) is 12.6. The highest BCUT2D eigenvalue weighted by atomic mass is 16.2. The fourth-order valence-corrected chi connectivity index (χ4v) is 9.15. The second-order valence-electron chi connectivity index (χ2n) is 12.6. The van der Waals surface area contributed by atoms with Crippen LogP contribution in [0.5, 0.6) is 0 Å². The van der Waals surface area contributed by atoms with E-state index < -0.39 is 0 Å². The molecule has 0 radical (unpaired) electrons. The SMILES string of the molecule is NCC1CCC(NC(=O)C23CC4CC(C5C=CC=CC5)(CC(C2)C4Cc2ccccc2)C3)CC1. The monoisotopic (exact) mass is 458 g/mol. The van der Waals surface area contributed by atoms with Gasteiger partial charge in [0.15, 0.2) is 0 Å². The average molecular weight is 459 g/mol. The second kappa shape index (κ2) is 8.97. The Bertz CT molecular complexity index is 925. The van der Waals surface area contributed by atoms with Gasteiger partial charge in [0.05, 0.1) is 5.41 Å². The van der Waals surface area contributed by atoms with Crippen LogP contribution in [-0.2, 0) is 11.2 Å². The zero-order valence-corrected chi connectivity index (χ0v) is 20.6. The van der Waals surface area contributed by atoms with Crippen molar-refractivity contribution in [3.05, 3.63) is 60.2 Å². The molecule has 182 valence electrons. The van der Waals surface area contributed by atoms with E-state index in [1.165, 1.54) is 37.7 Å². The highest BCUT2D eigenvalue weighted by Crippen LogP contribution is 2.70. The molecule has 1 amide bonds. The number of carbonyl (C=O) groups excluding carboxylic acids is 1. The number of amides is 1. The van der Waals surface area contributed by atoms with Gasteiger partial charge in [0.2, 0.25) is 5.91 Å². The van der Waals surface area contributed by atoms with Gasteiger partial charge in [-0.15, -0.1) is 0 Å². The smallest absolute Gasteiger partial charge is 0.226 e. The third kappa shape index (κ3) is 3.98. The molecule has 3 nitrogen and oxygen atoms in total. The van der Waals surface area contributed by atoms with Crippen LogP contribution < -0.4 is 11.1 Å². The molecule has 4 bridgehead atoms. The molecule has 1 aromatic rings. The van der Waals surface area contributed by atoms with Gasteiger partial charge in [-0.05, 0) is 118 Å². The maximum Gasteiger partial charge on any atom is 0.226 e. The summed E-state index contributed by atoms with van der Waals surface area (Å²) in [5, 5.41) is 3.59. The zero-order valence-electron chi connectivity index (χ0n) is 20.6. The largest absolute Gasteiger partial charge is 0.353 e. The fraction of sp³-hybridized carbons (Fsp3) is 0.645. The van der Waals surface area contributed by atoms with E-state index in [0.717, 1.165) is 51.0 Å². The molecule has 0 saturated heterocycles. The van der Waals surface area contributed by atoms with Gasteiger partial charge >= 0.3 is 0 Å². The maximum atomic E-state index is 14.0. The number of hydrogen-bond donors (Lipinski definition) is 2. The normalized spacial score (nSPS) is 42.6. The van der Waals surface area contributed by atoms with Crippen molar-refractivity contribution in [2.45, 2.75) is 76.7 Å². The van der Waals surface area contributed by atoms with E-state index in [2.05, 4.69) is 60.0 Å². The summed E-state index contributed by atoms with van der Waals surface area (Å²) in [6, 6.07) is 11.4. The lowest BCUT2D eigenvalue weighted by atomic mass is 9.38. The lowest BCUT2D eigenvalue weighted by Gasteiger charge is -2.66. The summed E-state index contributed by atoms with van der Waals surface area (Å²) in [6.07, 6.45) is 22.1. The molecule has 3 atom stereocenters. The van der Waals surface area contributed by atoms with Crippen LogP contribution in [0.1, 0.15) is 69.8 Å². The Morgan fingerprint density at radius 2 is 1.71 bits per heavy atom. The highest BCUT2D eigenvalue weighted by molar-refractivity contribution is 5.83. The Kier molecular flexibility index (Phi) is 5.96. The van der Waals surface area contributed by atoms with E-state index in [0.29, 0.717) is 41.0 Å². The lowest BCUT2D eigenvalue weighted by Crippen LogP contribution is -2.63. The first-order valence-electron chi connectivity index (χ1n) is 14.0. The molecule has 7 rings (SSSR count). The molecule has 3 unspecified atom stereocenters. The van der Waals surface area contributed by atoms with Crippen LogP contribution in [0.25, 0.3) is 0 Å². The Morgan fingerprint density at radius 1 is 0.971 bits per heavy atom. The number of benzene rings is 1. The lowest BCUT2D eigenvalue weighted by molar-refractivity contribution is -0.177. The Hall–Kier alpha value is -1.87. The molecule has 3 heteroatoms. The van der Waals surface area contributed by atoms with Gasteiger partial charge in [0.25, 0.3) is 0 Å². The minimum Gasteiger partial charge on any atom is -0.353 e. The topological polar surface area (TPSA) is 55.1 Å². The quantitative estimate of drug-likeness (QED) is 0.565. The Morgan fingerprint density at radius 3 is 2.35 bits per heavy atom. The third-order valence-electron chi connectivity index (χ3n) is 10.6. The van der Waals surface area contributed by atoms with Crippen LogP contribution >= 0.6 is 0 Å².